The summed E-state index contributed by atoms with van der Waals surface area (Å²) in [7, 11) is 0. The Balaban J connectivity index is 0.00000300. The summed E-state index contributed by atoms with van der Waals surface area (Å²) >= 11 is 0. The number of hydrogen-bond acceptors (Lipinski definition) is 4. The molecule has 2 aromatic rings. The van der Waals surface area contributed by atoms with Gasteiger partial charge in [0.05, 0.1) is 0 Å². The van der Waals surface area contributed by atoms with Crippen LogP contribution in [0.5, 0.6) is 0 Å². The van der Waals surface area contributed by atoms with Crippen molar-refractivity contribution in [1.82, 2.24) is 20.4 Å². The molecule has 0 aliphatic carbocycles. The lowest BCUT2D eigenvalue weighted by molar-refractivity contribution is -0.126. The lowest BCUT2D eigenvalue weighted by atomic mass is 9.87. The Morgan fingerprint density at radius 2 is 1.86 bits per heavy atom. The van der Waals surface area contributed by atoms with E-state index in [0.717, 1.165) is 19.5 Å². The van der Waals surface area contributed by atoms with Crippen molar-refractivity contribution < 1.29 is 9.59 Å². The number of anilines is 1. The Kier molecular flexibility index (Phi) is 7.43. The van der Waals surface area contributed by atoms with Crippen molar-refractivity contribution in [3.8, 4) is 0 Å². The zero-order valence-electron chi connectivity index (χ0n) is 17.2. The van der Waals surface area contributed by atoms with Gasteiger partial charge in [-0.15, -0.1) is 12.4 Å². The molecule has 0 saturated carbocycles. The summed E-state index contributed by atoms with van der Waals surface area (Å²) in [5.74, 6) is -0.196. The van der Waals surface area contributed by atoms with Gasteiger partial charge in [0.2, 0.25) is 0 Å². The molecule has 0 spiro atoms. The first-order chi connectivity index (χ1) is 13.4. The van der Waals surface area contributed by atoms with E-state index < -0.39 is 5.54 Å². The van der Waals surface area contributed by atoms with Gasteiger partial charge in [-0.1, -0.05) is 6.92 Å². The third-order valence-electron chi connectivity index (χ3n) is 5.54. The zero-order valence-corrected chi connectivity index (χ0v) is 18.0. The van der Waals surface area contributed by atoms with Gasteiger partial charge in [-0.2, -0.15) is 5.10 Å². The van der Waals surface area contributed by atoms with Gasteiger partial charge in [-0.05, 0) is 76.5 Å². The number of piperidine rings is 1. The lowest BCUT2D eigenvalue weighted by Crippen LogP contribution is -2.52. The third-order valence-corrected chi connectivity index (χ3v) is 5.54. The number of benzene rings is 1. The largest absolute Gasteiger partial charge is 0.347 e. The van der Waals surface area contributed by atoms with Crippen molar-refractivity contribution in [2.45, 2.75) is 51.1 Å². The number of rotatable bonds is 6. The highest BCUT2D eigenvalue weighted by Crippen LogP contribution is 2.28. The highest BCUT2D eigenvalue weighted by atomic mass is 35.5. The Morgan fingerprint density at radius 3 is 2.41 bits per heavy atom. The van der Waals surface area contributed by atoms with Crippen molar-refractivity contribution in [1.29, 1.82) is 0 Å². The Labute approximate surface area is 178 Å². The van der Waals surface area contributed by atoms with Gasteiger partial charge in [0.15, 0.2) is 0 Å². The van der Waals surface area contributed by atoms with Crippen LogP contribution in [0, 0.1) is 0 Å². The topological polar surface area (TPSA) is 88.1 Å². The number of aromatic nitrogens is 2. The second-order valence-electron chi connectivity index (χ2n) is 7.96. The molecule has 29 heavy (non-hydrogen) atoms. The van der Waals surface area contributed by atoms with Crippen molar-refractivity contribution in [2.24, 2.45) is 0 Å². The van der Waals surface area contributed by atoms with Gasteiger partial charge < -0.3 is 16.0 Å². The fourth-order valence-corrected chi connectivity index (χ4v) is 3.34. The summed E-state index contributed by atoms with van der Waals surface area (Å²) in [6.07, 6.45) is 5.73. The molecule has 1 aliphatic heterocycles. The summed E-state index contributed by atoms with van der Waals surface area (Å²) in [6, 6.07) is 8.84. The summed E-state index contributed by atoms with van der Waals surface area (Å²) < 4.78 is 1.76. The van der Waals surface area contributed by atoms with E-state index in [-0.39, 0.29) is 29.8 Å². The third kappa shape index (κ3) is 5.16. The molecule has 0 unspecified atom stereocenters. The van der Waals surface area contributed by atoms with E-state index in [4.69, 9.17) is 0 Å². The minimum Gasteiger partial charge on any atom is -0.347 e. The van der Waals surface area contributed by atoms with Crippen LogP contribution in [0.3, 0.4) is 0 Å². The molecule has 1 saturated heterocycles. The van der Waals surface area contributed by atoms with Gasteiger partial charge in [-0.3, -0.25) is 14.3 Å². The maximum Gasteiger partial charge on any atom is 0.252 e. The summed E-state index contributed by atoms with van der Waals surface area (Å²) in [4.78, 5) is 25.5. The molecule has 8 heteroatoms. The molecule has 2 heterocycles. The average molecular weight is 420 g/mol. The number of nitrogens with zero attached hydrogens (tertiary/aromatic N) is 2. The summed E-state index contributed by atoms with van der Waals surface area (Å²) in [5, 5.41) is 13.6. The fourth-order valence-electron chi connectivity index (χ4n) is 3.34. The first-order valence-corrected chi connectivity index (χ1v) is 9.81. The van der Waals surface area contributed by atoms with E-state index in [1.165, 1.54) is 0 Å². The minimum absolute atomic E-state index is 0. The van der Waals surface area contributed by atoms with Crippen LogP contribution < -0.4 is 16.0 Å². The maximum atomic E-state index is 13.2. The molecule has 2 amide bonds. The zero-order chi connectivity index (χ0) is 20.2. The van der Waals surface area contributed by atoms with Crippen LogP contribution in [0.15, 0.2) is 42.7 Å². The number of amides is 2. The molecule has 0 radical (unpaired) electrons. The molecular weight excluding hydrogens is 390 g/mol. The Morgan fingerprint density at radius 1 is 1.21 bits per heavy atom. The first-order valence-electron chi connectivity index (χ1n) is 9.81. The highest BCUT2D eigenvalue weighted by molar-refractivity contribution is 5.98. The quantitative estimate of drug-likeness (QED) is 0.671. The molecule has 3 rings (SSSR count). The molecule has 7 nitrogen and oxygen atoms in total. The van der Waals surface area contributed by atoms with Crippen molar-refractivity contribution in [3.63, 3.8) is 0 Å². The molecule has 1 aromatic heterocycles. The number of carbonyl (C=O) groups excluding carboxylic acids is 2. The van der Waals surface area contributed by atoms with Gasteiger partial charge in [0, 0.05) is 29.2 Å². The van der Waals surface area contributed by atoms with Crippen LogP contribution in [0.1, 0.15) is 50.4 Å². The SMILES string of the molecule is CCC(C)(C)NC(=O)c1ccc(NC(=O)C2(n3cccn3)CCNCC2)cc1.Cl. The van der Waals surface area contributed by atoms with Crippen molar-refractivity contribution >= 4 is 29.9 Å². The second kappa shape index (κ2) is 9.41. The van der Waals surface area contributed by atoms with Crippen LogP contribution in [0.4, 0.5) is 5.69 Å². The first kappa shape index (κ1) is 22.9. The van der Waals surface area contributed by atoms with E-state index >= 15 is 0 Å². The van der Waals surface area contributed by atoms with Crippen molar-refractivity contribution in [3.05, 3.63) is 48.3 Å². The van der Waals surface area contributed by atoms with Gasteiger partial charge in [-0.25, -0.2) is 0 Å². The van der Waals surface area contributed by atoms with Crippen LogP contribution in [0.25, 0.3) is 0 Å². The van der Waals surface area contributed by atoms with E-state index in [1.807, 2.05) is 33.0 Å². The van der Waals surface area contributed by atoms with E-state index in [1.54, 1.807) is 35.1 Å². The summed E-state index contributed by atoms with van der Waals surface area (Å²) in [5.41, 5.74) is 0.287. The van der Waals surface area contributed by atoms with Crippen molar-refractivity contribution in [2.75, 3.05) is 18.4 Å². The van der Waals surface area contributed by atoms with Gasteiger partial charge in [0.1, 0.15) is 5.54 Å². The number of halogens is 1. The predicted octanol–water partition coefficient (Wildman–Crippen LogP) is 2.94. The number of carbonyl (C=O) groups is 2. The van der Waals surface area contributed by atoms with Crippen LogP contribution in [-0.4, -0.2) is 40.2 Å². The molecule has 1 aliphatic rings. The molecule has 3 N–H and O–H groups in total. The Hall–Kier alpha value is -2.38. The maximum absolute atomic E-state index is 13.2. The lowest BCUT2D eigenvalue weighted by Gasteiger charge is -2.36. The number of hydrogen-bond donors (Lipinski definition) is 3. The van der Waals surface area contributed by atoms with Crippen LogP contribution in [-0.2, 0) is 10.3 Å². The fraction of sp³-hybridized carbons (Fsp3) is 0.476. The molecular formula is C21H30ClN5O2. The Bertz CT molecular complexity index is 812. The van der Waals surface area contributed by atoms with E-state index in [2.05, 4.69) is 21.0 Å². The monoisotopic (exact) mass is 419 g/mol. The highest BCUT2D eigenvalue weighted by Gasteiger charge is 2.42. The minimum atomic E-state index is -0.698. The standard InChI is InChI=1S/C21H29N5O2.ClH/c1-4-20(2,3)25-18(27)16-6-8-17(9-7-16)24-19(28)21(10-13-22-14-11-21)26-15-5-12-23-26;/h5-9,12,15,22H,4,10-11,13-14H2,1-3H3,(H,24,28)(H,25,27);1H. The second-order valence-corrected chi connectivity index (χ2v) is 7.96. The molecule has 0 bridgehead atoms. The molecule has 0 atom stereocenters. The normalized spacial score (nSPS) is 15.8. The average Bonchev–Trinajstić information content (AvgIpc) is 3.24. The van der Waals surface area contributed by atoms with E-state index in [9.17, 15) is 9.59 Å². The van der Waals surface area contributed by atoms with Gasteiger partial charge in [0.25, 0.3) is 11.8 Å². The van der Waals surface area contributed by atoms with Gasteiger partial charge >= 0.3 is 0 Å². The van der Waals surface area contributed by atoms with Crippen LogP contribution >= 0.6 is 12.4 Å². The molecule has 1 fully saturated rings. The number of nitrogens with one attached hydrogen (secondary N) is 3. The van der Waals surface area contributed by atoms with Crippen LogP contribution in [0.2, 0.25) is 0 Å². The molecule has 1 aromatic carbocycles. The summed E-state index contributed by atoms with van der Waals surface area (Å²) in [6.45, 7) is 7.55. The predicted molar refractivity (Wildman–Crippen MR) is 116 cm³/mol. The van der Waals surface area contributed by atoms with E-state index in [0.29, 0.717) is 24.1 Å². The smallest absolute Gasteiger partial charge is 0.252 e. The molecule has 158 valence electrons.